The summed E-state index contributed by atoms with van der Waals surface area (Å²) >= 11 is 12.4. The first-order valence-electron chi connectivity index (χ1n) is 10.3. The van der Waals surface area contributed by atoms with Gasteiger partial charge in [0.15, 0.2) is 18.3 Å². The van der Waals surface area contributed by atoms with E-state index in [2.05, 4.69) is 4.98 Å². The summed E-state index contributed by atoms with van der Waals surface area (Å²) in [5, 5.41) is 61.4. The van der Waals surface area contributed by atoms with Crippen LogP contribution in [0.1, 0.15) is 12.5 Å². The Labute approximate surface area is 201 Å². The quantitative estimate of drug-likeness (QED) is 0.247. The molecule has 1 unspecified atom stereocenters. The van der Waals surface area contributed by atoms with Gasteiger partial charge in [-0.05, 0) is 18.2 Å². The lowest BCUT2D eigenvalue weighted by Crippen LogP contribution is -2.35. The van der Waals surface area contributed by atoms with Gasteiger partial charge in [-0.1, -0.05) is 23.2 Å². The van der Waals surface area contributed by atoms with Crippen molar-refractivity contribution in [3.8, 4) is 11.5 Å². The van der Waals surface area contributed by atoms with Crippen LogP contribution in [-0.4, -0.2) is 94.6 Å². The maximum absolute atomic E-state index is 13.0. The van der Waals surface area contributed by atoms with Gasteiger partial charge in [0.1, 0.15) is 36.6 Å². The molecule has 2 fully saturated rings. The van der Waals surface area contributed by atoms with Gasteiger partial charge in [-0.2, -0.15) is 4.98 Å². The topological polar surface area (TPSA) is 180 Å². The molecule has 4 heterocycles. The maximum Gasteiger partial charge on any atom is 0.352 e. The fourth-order valence-corrected chi connectivity index (χ4v) is 4.88. The van der Waals surface area contributed by atoms with Crippen LogP contribution in [0.2, 0.25) is 10.0 Å². The zero-order chi connectivity index (χ0) is 24.5. The summed E-state index contributed by atoms with van der Waals surface area (Å²) in [4.78, 5) is 17.0. The molecule has 0 spiro atoms. The molecule has 12 nitrogen and oxygen atoms in total. The highest BCUT2D eigenvalue weighted by Gasteiger charge is 2.47. The number of fused-ring (bicyclic) bond motifs is 2. The van der Waals surface area contributed by atoms with E-state index in [1.807, 2.05) is 0 Å². The molecule has 1 aromatic rings. The lowest BCUT2D eigenvalue weighted by atomic mass is 10.1. The number of hydrogen-bond acceptors (Lipinski definition) is 10. The first-order valence-corrected chi connectivity index (χ1v) is 11.1. The predicted molar refractivity (Wildman–Crippen MR) is 117 cm³/mol. The third-order valence-corrected chi connectivity index (χ3v) is 7.01. The van der Waals surface area contributed by atoms with Crippen LogP contribution in [-0.2, 0) is 9.47 Å². The smallest absolute Gasteiger partial charge is 0.352 e. The average Bonchev–Trinajstić information content (AvgIpc) is 3.39. The van der Waals surface area contributed by atoms with E-state index in [9.17, 15) is 35.4 Å². The van der Waals surface area contributed by atoms with Crippen LogP contribution in [0.25, 0.3) is 22.4 Å². The van der Waals surface area contributed by atoms with Gasteiger partial charge in [-0.15, -0.1) is 0 Å². The Morgan fingerprint density at radius 3 is 1.88 bits per heavy atom. The Balaban J connectivity index is 1.76. The highest BCUT2D eigenvalue weighted by Crippen LogP contribution is 2.40. The van der Waals surface area contributed by atoms with Gasteiger partial charge in [0.05, 0.1) is 34.5 Å². The summed E-state index contributed by atoms with van der Waals surface area (Å²) in [7, 11) is 0. The number of hydrogen-bond donors (Lipinski definition) is 6. The molecule has 2 saturated heterocycles. The van der Waals surface area contributed by atoms with E-state index in [1.54, 1.807) is 0 Å². The van der Waals surface area contributed by atoms with E-state index >= 15 is 0 Å². The van der Waals surface area contributed by atoms with Crippen LogP contribution >= 0.6 is 23.2 Å². The third-order valence-electron chi connectivity index (χ3n) is 6.29. The largest absolute Gasteiger partial charge is 0.394 e. The second-order valence-corrected chi connectivity index (χ2v) is 9.08. The monoisotopic (exact) mass is 517 g/mol. The molecule has 14 heteroatoms. The van der Waals surface area contributed by atoms with Gasteiger partial charge in [0, 0.05) is 5.39 Å². The molecule has 8 atom stereocenters. The fourth-order valence-electron chi connectivity index (χ4n) is 4.55. The van der Waals surface area contributed by atoms with Crippen LogP contribution in [0.4, 0.5) is 0 Å². The van der Waals surface area contributed by atoms with Crippen molar-refractivity contribution in [3.05, 3.63) is 38.7 Å². The number of ether oxygens (including phenoxy) is 2. The summed E-state index contributed by atoms with van der Waals surface area (Å²) in [5.41, 5.74) is -0.371. The van der Waals surface area contributed by atoms with E-state index in [-0.39, 0.29) is 21.6 Å². The van der Waals surface area contributed by atoms with Crippen molar-refractivity contribution in [2.75, 3.05) is 13.2 Å². The van der Waals surface area contributed by atoms with Crippen molar-refractivity contribution >= 4 is 34.1 Å². The molecular formula is C20H21Cl2N3O9. The van der Waals surface area contributed by atoms with Crippen molar-refractivity contribution < 1.29 is 40.1 Å². The predicted octanol–water partition coefficient (Wildman–Crippen LogP) is -1.17. The zero-order valence-electron chi connectivity index (χ0n) is 17.3. The zero-order valence-corrected chi connectivity index (χ0v) is 18.8. The number of imidazole rings is 1. The van der Waals surface area contributed by atoms with E-state index in [4.69, 9.17) is 32.7 Å². The van der Waals surface area contributed by atoms with Crippen molar-refractivity contribution in [1.29, 1.82) is 0 Å². The van der Waals surface area contributed by atoms with Crippen molar-refractivity contribution in [2.45, 2.75) is 49.1 Å². The molecule has 4 aliphatic heterocycles. The van der Waals surface area contributed by atoms with Gasteiger partial charge < -0.3 is 40.1 Å². The standard InChI is InChI=1S/C20H21Cl2N3O9/c21-7-1-6-2-10-17(23-20(32)25(10)19-16(31)14(29)12(5-27)34-19)24(9(6)3-8(7)22)18-15(30)13(28)11(4-26)33-18/h1-3,11-16,18-19,26-31H,4-5H2/t11-,12-,13-,14-,15-,16-,18?,19-/m1/s1. The fraction of sp³-hybridized carbons (Fsp3) is 0.500. The Morgan fingerprint density at radius 2 is 1.35 bits per heavy atom. The first kappa shape index (κ1) is 23.9. The van der Waals surface area contributed by atoms with Crippen LogP contribution in [0.5, 0.6) is 0 Å². The van der Waals surface area contributed by atoms with E-state index in [0.717, 1.165) is 4.57 Å². The number of aliphatic hydroxyl groups is 6. The summed E-state index contributed by atoms with van der Waals surface area (Å²) in [6.07, 6.45) is -10.8. The maximum atomic E-state index is 13.0. The van der Waals surface area contributed by atoms with E-state index in [1.165, 1.54) is 22.8 Å². The van der Waals surface area contributed by atoms with Gasteiger partial charge in [0.25, 0.3) is 0 Å². The lowest BCUT2D eigenvalue weighted by Gasteiger charge is -2.25. The molecule has 4 aliphatic rings. The second-order valence-electron chi connectivity index (χ2n) is 8.27. The Kier molecular flexibility index (Phi) is 6.09. The number of pyridine rings is 1. The summed E-state index contributed by atoms with van der Waals surface area (Å²) in [5.74, 6) is -0.0107. The Hall–Kier alpha value is -1.84. The van der Waals surface area contributed by atoms with Crippen molar-refractivity contribution in [1.82, 2.24) is 14.1 Å². The number of aromatic nitrogens is 3. The lowest BCUT2D eigenvalue weighted by molar-refractivity contribution is -0.0540. The number of benzene rings is 1. The molecule has 0 saturated carbocycles. The van der Waals surface area contributed by atoms with E-state index < -0.39 is 68.0 Å². The van der Waals surface area contributed by atoms with Crippen LogP contribution in [0.3, 0.4) is 0 Å². The van der Waals surface area contributed by atoms with Gasteiger partial charge in [0.2, 0.25) is 0 Å². The molecule has 0 aliphatic carbocycles. The van der Waals surface area contributed by atoms with Crippen LogP contribution < -0.4 is 5.69 Å². The minimum Gasteiger partial charge on any atom is -0.394 e. The van der Waals surface area contributed by atoms with Gasteiger partial charge >= 0.3 is 5.69 Å². The third kappa shape index (κ3) is 3.45. The Morgan fingerprint density at radius 1 is 0.824 bits per heavy atom. The molecule has 34 heavy (non-hydrogen) atoms. The average molecular weight is 518 g/mol. The van der Waals surface area contributed by atoms with Crippen molar-refractivity contribution in [2.24, 2.45) is 0 Å². The van der Waals surface area contributed by atoms with Crippen LogP contribution in [0, 0.1) is 0 Å². The second kappa shape index (κ2) is 8.68. The molecule has 6 N–H and O–H groups in total. The number of rotatable bonds is 4. The number of nitrogens with zero attached hydrogens (tertiary/aromatic N) is 3. The summed E-state index contributed by atoms with van der Waals surface area (Å²) < 4.78 is 13.6. The first-order chi connectivity index (χ1) is 16.2. The van der Waals surface area contributed by atoms with E-state index in [0.29, 0.717) is 10.9 Å². The minimum atomic E-state index is -1.55. The highest BCUT2D eigenvalue weighted by molar-refractivity contribution is 6.42. The molecule has 5 rings (SSSR count). The molecule has 0 radical (unpaired) electrons. The summed E-state index contributed by atoms with van der Waals surface area (Å²) in [6.45, 7) is -1.16. The van der Waals surface area contributed by atoms with Crippen LogP contribution in [0.15, 0.2) is 23.0 Å². The minimum absolute atomic E-state index is 0.0107. The normalized spacial score (nSPS) is 34.0. The molecule has 0 bridgehead atoms. The Bertz CT molecular complexity index is 1270. The molecule has 1 aromatic carbocycles. The number of halogens is 2. The van der Waals surface area contributed by atoms with Gasteiger partial charge in [-0.3, -0.25) is 9.13 Å². The molecule has 0 amide bonds. The molecule has 184 valence electrons. The SMILES string of the molecule is O=c1nc2n(C3O[C@H](CO)[C@@H](O)[C@H]3O)c3cc(Cl)c(Cl)cc3cc-2n1[C@@H]1O[C@H](CO)[C@@H](O)[C@H]1O. The highest BCUT2D eigenvalue weighted by atomic mass is 35.5. The molecular weight excluding hydrogens is 497 g/mol. The molecule has 0 aromatic heterocycles. The van der Waals surface area contributed by atoms with Crippen molar-refractivity contribution in [3.63, 3.8) is 0 Å². The summed E-state index contributed by atoms with van der Waals surface area (Å²) in [6, 6.07) is 4.52. The number of aliphatic hydroxyl groups excluding tert-OH is 6. The van der Waals surface area contributed by atoms with Gasteiger partial charge in [-0.25, -0.2) is 4.79 Å².